The van der Waals surface area contributed by atoms with Gasteiger partial charge in [0.05, 0.1) is 10.9 Å². The van der Waals surface area contributed by atoms with Crippen molar-refractivity contribution >= 4 is 23.5 Å². The molecule has 0 bridgehead atoms. The Kier molecular flexibility index (Phi) is 2.53. The Morgan fingerprint density at radius 3 is 2.69 bits per heavy atom. The summed E-state index contributed by atoms with van der Waals surface area (Å²) in [6.45, 7) is 1.75. The van der Waals surface area contributed by atoms with Crippen molar-refractivity contribution in [3.8, 4) is 0 Å². The number of fused-ring (bicyclic) bond motifs is 1. The van der Waals surface area contributed by atoms with E-state index in [1.54, 1.807) is 26.1 Å². The van der Waals surface area contributed by atoms with Crippen LogP contribution in [0.4, 0.5) is 0 Å². The summed E-state index contributed by atoms with van der Waals surface area (Å²) in [5, 5.41) is 18.4. The molecule has 0 aliphatic carbocycles. The molecule has 0 unspecified atom stereocenters. The molecule has 0 aliphatic heterocycles. The number of hydrogen-bond acceptors (Lipinski definition) is 4. The fourth-order valence-corrected chi connectivity index (χ4v) is 1.56. The third kappa shape index (κ3) is 1.62. The van der Waals surface area contributed by atoms with E-state index >= 15 is 0 Å². The van der Waals surface area contributed by atoms with Crippen molar-refractivity contribution in [2.45, 2.75) is 6.92 Å². The molecule has 1 aromatic carbocycles. The third-order valence-electron chi connectivity index (χ3n) is 2.62. The number of nitrogens with zero attached hydrogens (tertiary/aromatic N) is 2. The van der Waals surface area contributed by atoms with Crippen molar-refractivity contribution in [3.63, 3.8) is 0 Å². The third-order valence-corrected chi connectivity index (χ3v) is 2.62. The molecule has 0 radical (unpaired) electrons. The molecule has 6 heteroatoms. The van der Waals surface area contributed by atoms with E-state index in [4.69, 9.17) is 10.0 Å². The van der Waals surface area contributed by atoms with Gasteiger partial charge in [0.1, 0.15) is 5.82 Å². The Morgan fingerprint density at radius 1 is 1.38 bits per heavy atom. The van der Waals surface area contributed by atoms with Crippen LogP contribution < -0.4 is 11.0 Å². The Bertz CT molecular complexity index is 607. The van der Waals surface area contributed by atoms with Crippen molar-refractivity contribution in [1.29, 1.82) is 0 Å². The first-order valence-electron chi connectivity index (χ1n) is 4.84. The average Bonchev–Trinajstić information content (AvgIpc) is 2.25. The Labute approximate surface area is 92.1 Å². The number of rotatable bonds is 1. The second kappa shape index (κ2) is 3.73. The van der Waals surface area contributed by atoms with E-state index in [1.807, 2.05) is 0 Å². The molecule has 0 fully saturated rings. The van der Waals surface area contributed by atoms with Gasteiger partial charge in [0.2, 0.25) is 0 Å². The monoisotopic (exact) mass is 218 g/mol. The zero-order chi connectivity index (χ0) is 11.9. The lowest BCUT2D eigenvalue weighted by molar-refractivity contribution is 0.426. The molecule has 2 N–H and O–H groups in total. The van der Waals surface area contributed by atoms with E-state index in [2.05, 4.69) is 4.98 Å². The Morgan fingerprint density at radius 2 is 2.06 bits per heavy atom. The molecular weight excluding hydrogens is 207 g/mol. The van der Waals surface area contributed by atoms with Crippen molar-refractivity contribution in [2.24, 2.45) is 7.05 Å². The maximum absolute atomic E-state index is 11.9. The van der Waals surface area contributed by atoms with Gasteiger partial charge in [-0.15, -0.1) is 0 Å². The van der Waals surface area contributed by atoms with Crippen molar-refractivity contribution < 1.29 is 10.0 Å². The van der Waals surface area contributed by atoms with Crippen molar-refractivity contribution in [2.75, 3.05) is 0 Å². The molecule has 0 saturated carbocycles. The van der Waals surface area contributed by atoms with Crippen LogP contribution in [0, 0.1) is 6.92 Å². The van der Waals surface area contributed by atoms with E-state index in [0.29, 0.717) is 16.7 Å². The van der Waals surface area contributed by atoms with Crippen LogP contribution in [0.3, 0.4) is 0 Å². The summed E-state index contributed by atoms with van der Waals surface area (Å²) in [6, 6.07) is 4.60. The molecular formula is C10H11BN2O3. The summed E-state index contributed by atoms with van der Waals surface area (Å²) in [5.41, 5.74) is 0.658. The lowest BCUT2D eigenvalue weighted by Crippen LogP contribution is -2.31. The van der Waals surface area contributed by atoms with Gasteiger partial charge < -0.3 is 10.0 Å². The van der Waals surface area contributed by atoms with Gasteiger partial charge in [-0.3, -0.25) is 9.36 Å². The van der Waals surface area contributed by atoms with Crippen molar-refractivity contribution in [3.05, 3.63) is 34.4 Å². The van der Waals surface area contributed by atoms with Crippen LogP contribution >= 0.6 is 0 Å². The zero-order valence-corrected chi connectivity index (χ0v) is 9.01. The highest BCUT2D eigenvalue weighted by molar-refractivity contribution is 6.58. The molecule has 2 rings (SSSR count). The average molecular weight is 218 g/mol. The SMILES string of the molecule is Cc1nc2ccc(B(O)O)cc2c(=O)n1C. The minimum atomic E-state index is -1.57. The lowest BCUT2D eigenvalue weighted by atomic mass is 9.80. The normalized spacial score (nSPS) is 10.8. The van der Waals surface area contributed by atoms with Gasteiger partial charge in [0.25, 0.3) is 5.56 Å². The molecule has 16 heavy (non-hydrogen) atoms. The standard InChI is InChI=1S/C10H11BN2O3/c1-6-12-9-4-3-7(11(15)16)5-8(9)10(14)13(6)2/h3-5,15-16H,1-2H3. The fraction of sp³-hybridized carbons (Fsp3) is 0.200. The van der Waals surface area contributed by atoms with Crippen LogP contribution in [-0.4, -0.2) is 26.7 Å². The number of aryl methyl sites for hydroxylation is 1. The van der Waals surface area contributed by atoms with Crippen molar-refractivity contribution in [1.82, 2.24) is 9.55 Å². The largest absolute Gasteiger partial charge is 0.488 e. The molecule has 0 atom stereocenters. The molecule has 1 heterocycles. The molecule has 1 aromatic heterocycles. The number of hydrogen-bond donors (Lipinski definition) is 2. The maximum atomic E-state index is 11.9. The highest BCUT2D eigenvalue weighted by atomic mass is 16.4. The quantitative estimate of drug-likeness (QED) is 0.597. The molecule has 0 aliphatic rings. The molecule has 0 spiro atoms. The summed E-state index contributed by atoms with van der Waals surface area (Å²) in [4.78, 5) is 16.1. The first-order chi connectivity index (χ1) is 7.50. The summed E-state index contributed by atoms with van der Waals surface area (Å²) >= 11 is 0. The van der Waals surface area contributed by atoms with Crippen LogP contribution in [0.2, 0.25) is 0 Å². The van der Waals surface area contributed by atoms with Gasteiger partial charge in [0.15, 0.2) is 0 Å². The number of aromatic nitrogens is 2. The van der Waals surface area contributed by atoms with Gasteiger partial charge in [-0.25, -0.2) is 4.98 Å². The molecule has 5 nitrogen and oxygen atoms in total. The smallest absolute Gasteiger partial charge is 0.423 e. The second-order valence-electron chi connectivity index (χ2n) is 3.67. The predicted octanol–water partition coefficient (Wildman–Crippen LogP) is -1.08. The highest BCUT2D eigenvalue weighted by Crippen LogP contribution is 2.05. The van der Waals surface area contributed by atoms with Gasteiger partial charge in [-0.05, 0) is 24.5 Å². The minimum Gasteiger partial charge on any atom is -0.423 e. The Hall–Kier alpha value is -1.66. The van der Waals surface area contributed by atoms with Gasteiger partial charge >= 0.3 is 7.12 Å². The lowest BCUT2D eigenvalue weighted by Gasteiger charge is -2.06. The van der Waals surface area contributed by atoms with Crippen LogP contribution in [0.15, 0.2) is 23.0 Å². The highest BCUT2D eigenvalue weighted by Gasteiger charge is 2.13. The Balaban J connectivity index is 2.83. The molecule has 0 amide bonds. The number of benzene rings is 1. The van der Waals surface area contributed by atoms with E-state index in [0.717, 1.165) is 0 Å². The van der Waals surface area contributed by atoms with Crippen LogP contribution in [0.25, 0.3) is 10.9 Å². The van der Waals surface area contributed by atoms with Gasteiger partial charge in [-0.1, -0.05) is 6.07 Å². The van der Waals surface area contributed by atoms with Crippen LogP contribution in [0.1, 0.15) is 5.82 Å². The second-order valence-corrected chi connectivity index (χ2v) is 3.67. The van der Waals surface area contributed by atoms with Gasteiger partial charge in [-0.2, -0.15) is 0 Å². The van der Waals surface area contributed by atoms with Crippen LogP contribution in [-0.2, 0) is 7.05 Å². The summed E-state index contributed by atoms with van der Waals surface area (Å²) in [5.74, 6) is 0.620. The fourth-order valence-electron chi connectivity index (χ4n) is 1.56. The van der Waals surface area contributed by atoms with E-state index in [1.165, 1.54) is 10.6 Å². The van der Waals surface area contributed by atoms with Gasteiger partial charge in [0, 0.05) is 7.05 Å². The zero-order valence-electron chi connectivity index (χ0n) is 9.01. The topological polar surface area (TPSA) is 75.4 Å². The molecule has 2 aromatic rings. The summed E-state index contributed by atoms with van der Waals surface area (Å²) < 4.78 is 1.43. The minimum absolute atomic E-state index is 0.190. The molecule has 0 saturated heterocycles. The first kappa shape index (κ1) is 10.8. The molecule has 82 valence electrons. The first-order valence-corrected chi connectivity index (χ1v) is 4.84. The van der Waals surface area contributed by atoms with E-state index in [-0.39, 0.29) is 11.0 Å². The van der Waals surface area contributed by atoms with E-state index in [9.17, 15) is 4.79 Å². The van der Waals surface area contributed by atoms with E-state index < -0.39 is 7.12 Å². The maximum Gasteiger partial charge on any atom is 0.488 e. The summed E-state index contributed by atoms with van der Waals surface area (Å²) in [7, 11) is 0.0574. The predicted molar refractivity (Wildman–Crippen MR) is 61.5 cm³/mol. The summed E-state index contributed by atoms with van der Waals surface area (Å²) in [6.07, 6.45) is 0. The van der Waals surface area contributed by atoms with Crippen LogP contribution in [0.5, 0.6) is 0 Å².